The number of hydrogen-bond acceptors (Lipinski definition) is 3. The standard InChI is InChI=1S/C102H63BN4/c1-3-23-64(24-4-1)66-43-47-68(48-44-66)104(69-49-45-67(46-50-69)65-25-5-2-6-26-65)73-60-100-102-101(61-73)107(71-52-55-87-81-34-10-8-28-75(81)77-30-12-16-36-83(77)91(87)58-71)99-63-93-85-38-18-14-32-79(85)78-31-13-17-37-84(78)92(93)62-95(99)103(102)94-56-53-72(105-96-41-21-19-39-88(96)89-40-20-22-42-97(89)105)59-98(94)106(100)70-51-54-86-80-33-9-7-27-74(80)76-29-11-15-35-82(76)90(86)57-70/h1-63H. The van der Waals surface area contributed by atoms with E-state index in [1.54, 1.807) is 0 Å². The molecule has 107 heavy (non-hydrogen) atoms. The van der Waals surface area contributed by atoms with Crippen molar-refractivity contribution >= 4 is 193 Å². The third kappa shape index (κ3) is 8.92. The first kappa shape index (κ1) is 59.5. The summed E-state index contributed by atoms with van der Waals surface area (Å²) in [5.41, 5.74) is 21.5. The molecule has 21 aromatic rings. The topological polar surface area (TPSA) is 14.7 Å². The molecule has 0 unspecified atom stereocenters. The first-order valence-corrected chi connectivity index (χ1v) is 37.2. The van der Waals surface area contributed by atoms with Crippen molar-refractivity contribution in [3.63, 3.8) is 0 Å². The van der Waals surface area contributed by atoms with Gasteiger partial charge in [-0.05, 0) is 227 Å². The molecule has 0 bridgehead atoms. The average molecular weight is 1360 g/mol. The maximum absolute atomic E-state index is 2.66. The average Bonchev–Trinajstić information content (AvgIpc) is 1.44. The van der Waals surface area contributed by atoms with E-state index < -0.39 is 0 Å². The van der Waals surface area contributed by atoms with Gasteiger partial charge >= 0.3 is 0 Å². The Morgan fingerprint density at radius 1 is 0.187 bits per heavy atom. The van der Waals surface area contributed by atoms with Crippen molar-refractivity contribution in [1.29, 1.82) is 0 Å². The zero-order valence-electron chi connectivity index (χ0n) is 58.2. The molecule has 0 amide bonds. The molecule has 0 fully saturated rings. The maximum Gasteiger partial charge on any atom is 0.252 e. The molecular formula is C102H63BN4. The normalized spacial score (nSPS) is 12.6. The Hall–Kier alpha value is -14.0. The summed E-state index contributed by atoms with van der Waals surface area (Å²) in [6.07, 6.45) is 0. The van der Waals surface area contributed by atoms with Crippen molar-refractivity contribution < 1.29 is 0 Å². The Morgan fingerprint density at radius 3 is 0.897 bits per heavy atom. The van der Waals surface area contributed by atoms with Crippen molar-refractivity contribution in [3.05, 3.63) is 382 Å². The van der Waals surface area contributed by atoms with Crippen LogP contribution in [0.2, 0.25) is 0 Å². The summed E-state index contributed by atoms with van der Waals surface area (Å²) < 4.78 is 2.49. The van der Waals surface area contributed by atoms with Crippen LogP contribution < -0.4 is 31.1 Å². The van der Waals surface area contributed by atoms with Gasteiger partial charge in [0.05, 0.1) is 16.7 Å². The molecule has 0 spiro atoms. The molecular weight excluding hydrogens is 1290 g/mol. The molecule has 0 N–H and O–H groups in total. The first-order chi connectivity index (χ1) is 53.1. The van der Waals surface area contributed by atoms with Crippen LogP contribution in [0.4, 0.5) is 51.2 Å². The van der Waals surface area contributed by atoms with Crippen molar-refractivity contribution in [1.82, 2.24) is 4.57 Å². The van der Waals surface area contributed by atoms with Crippen LogP contribution in [0.1, 0.15) is 0 Å². The Labute approximate surface area is 618 Å². The van der Waals surface area contributed by atoms with Gasteiger partial charge in [-0.25, -0.2) is 0 Å². The number of para-hydroxylation sites is 2. The highest BCUT2D eigenvalue weighted by Crippen LogP contribution is 2.53. The molecule has 0 aliphatic carbocycles. The van der Waals surface area contributed by atoms with Crippen molar-refractivity contribution in [2.45, 2.75) is 0 Å². The fourth-order valence-corrected chi connectivity index (χ4v) is 18.8. The van der Waals surface area contributed by atoms with E-state index in [0.29, 0.717) is 0 Å². The van der Waals surface area contributed by atoms with Crippen LogP contribution in [0.3, 0.4) is 0 Å². The van der Waals surface area contributed by atoms with Crippen LogP contribution in [-0.4, -0.2) is 11.3 Å². The van der Waals surface area contributed by atoms with E-state index in [-0.39, 0.29) is 6.71 Å². The van der Waals surface area contributed by atoms with E-state index in [1.165, 1.54) is 135 Å². The number of aromatic nitrogens is 1. The quantitative estimate of drug-likeness (QED) is 0.111. The number of benzene rings is 20. The lowest BCUT2D eigenvalue weighted by Crippen LogP contribution is -2.61. The second-order valence-corrected chi connectivity index (χ2v) is 29.0. The fraction of sp³-hybridized carbons (Fsp3) is 0. The molecule has 1 aromatic heterocycles. The Bertz CT molecular complexity index is 7120. The van der Waals surface area contributed by atoms with Gasteiger partial charge in [0.15, 0.2) is 0 Å². The second-order valence-electron chi connectivity index (χ2n) is 29.0. The largest absolute Gasteiger partial charge is 0.311 e. The van der Waals surface area contributed by atoms with Crippen molar-refractivity contribution in [3.8, 4) is 27.9 Å². The summed E-state index contributed by atoms with van der Waals surface area (Å²) in [7, 11) is 0. The third-order valence-electron chi connectivity index (χ3n) is 23.4. The van der Waals surface area contributed by atoms with Crippen LogP contribution >= 0.6 is 0 Å². The van der Waals surface area contributed by atoms with Gasteiger partial charge in [0.2, 0.25) is 0 Å². The predicted octanol–water partition coefficient (Wildman–Crippen LogP) is 26.0. The van der Waals surface area contributed by atoms with Crippen LogP contribution in [0.25, 0.3) is 147 Å². The van der Waals surface area contributed by atoms with Crippen LogP contribution in [0, 0.1) is 0 Å². The zero-order valence-corrected chi connectivity index (χ0v) is 58.2. The first-order valence-electron chi connectivity index (χ1n) is 37.2. The molecule has 3 heterocycles. The second kappa shape index (κ2) is 23.3. The summed E-state index contributed by atoms with van der Waals surface area (Å²) >= 11 is 0. The van der Waals surface area contributed by atoms with Gasteiger partial charge in [0.1, 0.15) is 0 Å². The molecule has 0 saturated heterocycles. The lowest BCUT2D eigenvalue weighted by Gasteiger charge is -2.45. The number of nitrogens with zero attached hydrogens (tertiary/aromatic N) is 4. The van der Waals surface area contributed by atoms with Gasteiger partial charge in [-0.3, -0.25) is 0 Å². The molecule has 0 radical (unpaired) electrons. The number of hydrogen-bond donors (Lipinski definition) is 0. The maximum atomic E-state index is 2.66. The van der Waals surface area contributed by atoms with E-state index in [2.05, 4.69) is 401 Å². The molecule has 0 atom stereocenters. The molecule has 2 aliphatic rings. The number of anilines is 9. The SMILES string of the molecule is c1ccc(-c2ccc(N(c3ccc(-c4ccccc4)cc3)c3cc4c5c(c3)N(c3ccc6c7ccccc7c7ccccc7c6c3)c3cc6c7ccccc7c7ccccc7c6cc3B5c3ccc(-n5c6ccccc6c6ccccc65)cc3N4c3ccc4c5ccccc5c5ccccc5c4c3)cc2)cc1. The summed E-state index contributed by atoms with van der Waals surface area (Å²) in [5.74, 6) is 0. The van der Waals surface area contributed by atoms with Crippen LogP contribution in [0.15, 0.2) is 382 Å². The third-order valence-corrected chi connectivity index (χ3v) is 23.4. The highest BCUT2D eigenvalue weighted by molar-refractivity contribution is 7.00. The minimum Gasteiger partial charge on any atom is -0.311 e. The van der Waals surface area contributed by atoms with Crippen LogP contribution in [-0.2, 0) is 0 Å². The van der Waals surface area contributed by atoms with E-state index in [4.69, 9.17) is 0 Å². The lowest BCUT2D eigenvalue weighted by atomic mass is 9.33. The Kier molecular flexibility index (Phi) is 12.9. The van der Waals surface area contributed by atoms with Crippen molar-refractivity contribution in [2.24, 2.45) is 0 Å². The number of rotatable bonds is 8. The monoisotopic (exact) mass is 1350 g/mol. The summed E-state index contributed by atoms with van der Waals surface area (Å²) in [6.45, 7) is -0.257. The lowest BCUT2D eigenvalue weighted by molar-refractivity contribution is 1.17. The Morgan fingerprint density at radius 2 is 0.495 bits per heavy atom. The van der Waals surface area contributed by atoms with Gasteiger partial charge in [-0.2, -0.15) is 0 Å². The predicted molar refractivity (Wildman–Crippen MR) is 458 cm³/mol. The molecule has 494 valence electrons. The minimum atomic E-state index is -0.257. The molecule has 20 aromatic carbocycles. The molecule has 4 nitrogen and oxygen atoms in total. The highest BCUT2D eigenvalue weighted by Gasteiger charge is 2.45. The summed E-state index contributed by atoms with van der Waals surface area (Å²) in [4.78, 5) is 7.81. The van der Waals surface area contributed by atoms with E-state index in [9.17, 15) is 0 Å². The highest BCUT2D eigenvalue weighted by atomic mass is 15.2. The number of fused-ring (bicyclic) bond motifs is 25. The van der Waals surface area contributed by atoms with Crippen molar-refractivity contribution in [2.75, 3.05) is 14.7 Å². The van der Waals surface area contributed by atoms with Gasteiger partial charge in [-0.1, -0.05) is 291 Å². The molecule has 5 heteroatoms. The minimum absolute atomic E-state index is 0.257. The molecule has 23 rings (SSSR count). The summed E-state index contributed by atoms with van der Waals surface area (Å²) in [6, 6.07) is 144. The fourth-order valence-electron chi connectivity index (χ4n) is 18.8. The van der Waals surface area contributed by atoms with E-state index in [0.717, 1.165) is 79.0 Å². The van der Waals surface area contributed by atoms with E-state index in [1.807, 2.05) is 0 Å². The summed E-state index contributed by atoms with van der Waals surface area (Å²) in [5, 5.41) is 24.6. The Balaban J connectivity index is 0.883. The molecule has 0 saturated carbocycles. The van der Waals surface area contributed by atoms with Crippen LogP contribution in [0.5, 0.6) is 0 Å². The van der Waals surface area contributed by atoms with Gasteiger partial charge in [0, 0.05) is 62.0 Å². The smallest absolute Gasteiger partial charge is 0.252 e. The van der Waals surface area contributed by atoms with Gasteiger partial charge < -0.3 is 19.3 Å². The zero-order chi connectivity index (χ0) is 70.0. The van der Waals surface area contributed by atoms with E-state index >= 15 is 0 Å². The van der Waals surface area contributed by atoms with Gasteiger partial charge in [0.25, 0.3) is 6.71 Å². The molecule has 2 aliphatic heterocycles. The van der Waals surface area contributed by atoms with Gasteiger partial charge in [-0.15, -0.1) is 0 Å².